The van der Waals surface area contributed by atoms with Gasteiger partial charge in [-0.25, -0.2) is 4.79 Å². The van der Waals surface area contributed by atoms with Crippen molar-refractivity contribution in [1.82, 2.24) is 31.9 Å². The number of carbonyl (C=O) groups excluding carboxylic acids is 6. The van der Waals surface area contributed by atoms with E-state index >= 15 is 0 Å². The molecule has 0 spiro atoms. The Kier molecular flexibility index (Phi) is 18.0. The van der Waals surface area contributed by atoms with Crippen LogP contribution in [0.4, 0.5) is 4.79 Å². The molecule has 27 heteroatoms. The Bertz CT molecular complexity index is 2630. The second-order valence-corrected chi connectivity index (χ2v) is 22.3. The van der Waals surface area contributed by atoms with Gasteiger partial charge in [0.05, 0.1) is 18.1 Å². The van der Waals surface area contributed by atoms with Crippen LogP contribution in [0, 0.1) is 0 Å². The van der Waals surface area contributed by atoms with Gasteiger partial charge in [0.25, 0.3) is 17.7 Å². The molecule has 2 aromatic rings. The van der Waals surface area contributed by atoms with Crippen molar-refractivity contribution in [3.05, 3.63) is 59.7 Å². The average Bonchev–Trinajstić information content (AvgIpc) is 4.48. The number of nitrogens with one attached hydrogen (secondary N) is 6. The highest BCUT2D eigenvalue weighted by atomic mass is 16.9. The number of hydrogen-bond donors (Lipinski definition) is 10. The van der Waals surface area contributed by atoms with Crippen molar-refractivity contribution >= 4 is 41.6 Å². The molecule has 2 aromatic carbocycles. The predicted octanol–water partition coefficient (Wildman–Crippen LogP) is -0.651. The Morgan fingerprint density at radius 3 is 1.22 bits per heavy atom. The van der Waals surface area contributed by atoms with E-state index in [-0.39, 0.29) is 70.7 Å². The molecule has 6 amide bonds. The molecule has 6 heterocycles. The third-order valence-corrected chi connectivity index (χ3v) is 14.9. The number of aliphatic hydroxyl groups excluding tert-OH is 3. The smallest absolute Gasteiger partial charge is 0.407 e. The fraction of sp³-hybridized carbons (Fsp3) is 0.648. The van der Waals surface area contributed by atoms with Gasteiger partial charge in [0.1, 0.15) is 43.2 Å². The standard InChI is InChI=1S/C54H72N6O21/c1-52(2)76-42-33(39(73-48(42)79-52)36(65)45(68)55-21-11-18-30(61)59-34-40(74-49-43(34)77-53(3,4)80-49)37(66)46(69)57-23-13-20-32(63)64)58-31(62)19-12-22-56-47(70)38(67)41-35(44-50(75-41)81-54(5,6)78-44)60-51(71)72-24-29-27-16-9-7-14-25(27)26-15-8-10-17-28(26)29/h7-10,14-17,29,33-44,48-50,65-67H,11-13,18-24H2,1-6H3,(H,55,68)(H,56,70)(H,57,69)(H,58,62)(H,59,61)(H,60,71)(H,63,64)/t33-,34-,35-,36+,37+,38+,39+,40+,41+,42-,43-,44-,48-,49-,50-/m1/s1. The van der Waals surface area contributed by atoms with Crippen molar-refractivity contribution in [3.63, 3.8) is 0 Å². The number of alkyl carbamates (subject to hydrolysis) is 1. The van der Waals surface area contributed by atoms with Gasteiger partial charge in [-0.05, 0) is 83.1 Å². The van der Waals surface area contributed by atoms with Crippen molar-refractivity contribution in [1.29, 1.82) is 0 Å². The van der Waals surface area contributed by atoms with Crippen LogP contribution in [-0.4, -0.2) is 198 Å². The number of carboxylic acids is 1. The van der Waals surface area contributed by atoms with Crippen molar-refractivity contribution < 1.29 is 101 Å². The van der Waals surface area contributed by atoms with E-state index in [4.69, 9.17) is 52.5 Å². The van der Waals surface area contributed by atoms with Crippen LogP contribution in [0.3, 0.4) is 0 Å². The first-order valence-electron chi connectivity index (χ1n) is 27.2. The lowest BCUT2D eigenvalue weighted by Crippen LogP contribution is -2.55. The summed E-state index contributed by atoms with van der Waals surface area (Å²) in [7, 11) is 0. The zero-order valence-electron chi connectivity index (χ0n) is 45.7. The van der Waals surface area contributed by atoms with Gasteiger partial charge >= 0.3 is 12.1 Å². The fourth-order valence-electron chi connectivity index (χ4n) is 11.3. The van der Waals surface area contributed by atoms with Crippen LogP contribution in [0.5, 0.6) is 0 Å². The molecule has 9 rings (SSSR count). The molecule has 6 fully saturated rings. The molecule has 81 heavy (non-hydrogen) atoms. The maximum absolute atomic E-state index is 13.5. The van der Waals surface area contributed by atoms with E-state index in [0.29, 0.717) is 0 Å². The van der Waals surface area contributed by atoms with Crippen molar-refractivity contribution in [3.8, 4) is 11.1 Å². The summed E-state index contributed by atoms with van der Waals surface area (Å²) in [5.74, 6) is -8.34. The molecule has 444 valence electrons. The summed E-state index contributed by atoms with van der Waals surface area (Å²) in [6.45, 7) is 9.63. The number of hydrogen-bond acceptors (Lipinski definition) is 20. The molecule has 0 bridgehead atoms. The second-order valence-electron chi connectivity index (χ2n) is 22.3. The van der Waals surface area contributed by atoms with Gasteiger partial charge in [-0.2, -0.15) is 0 Å². The Hall–Kier alpha value is -5.95. The highest BCUT2D eigenvalue weighted by Gasteiger charge is 2.61. The van der Waals surface area contributed by atoms with Crippen LogP contribution in [0.1, 0.15) is 97.1 Å². The van der Waals surface area contributed by atoms with E-state index in [1.165, 1.54) is 0 Å². The number of fused-ring (bicyclic) bond motifs is 6. The number of rotatable bonds is 23. The summed E-state index contributed by atoms with van der Waals surface area (Å²) in [6.07, 6.45) is -16.5. The van der Waals surface area contributed by atoms with Gasteiger partial charge in [0, 0.05) is 44.8 Å². The van der Waals surface area contributed by atoms with Gasteiger partial charge in [-0.3, -0.25) is 28.8 Å². The molecule has 0 radical (unpaired) electrons. The van der Waals surface area contributed by atoms with E-state index < -0.39 is 151 Å². The number of aliphatic hydroxyl groups is 3. The highest BCUT2D eigenvalue weighted by molar-refractivity contribution is 5.84. The number of amides is 6. The average molecular weight is 1140 g/mol. The van der Waals surface area contributed by atoms with Gasteiger partial charge in [-0.1, -0.05) is 48.5 Å². The number of aliphatic carboxylic acids is 1. The molecule has 0 saturated carbocycles. The van der Waals surface area contributed by atoms with Gasteiger partial charge in [0.2, 0.25) is 11.8 Å². The van der Waals surface area contributed by atoms with Gasteiger partial charge in [-0.15, -0.1) is 0 Å². The van der Waals surface area contributed by atoms with E-state index in [0.717, 1.165) is 22.3 Å². The molecule has 7 aliphatic rings. The molecule has 0 unspecified atom stereocenters. The van der Waals surface area contributed by atoms with E-state index in [9.17, 15) is 48.9 Å². The van der Waals surface area contributed by atoms with Gasteiger partial charge in [0.15, 0.2) is 54.5 Å². The minimum absolute atomic E-state index is 0.00984. The van der Waals surface area contributed by atoms with E-state index in [2.05, 4.69) is 31.9 Å². The summed E-state index contributed by atoms with van der Waals surface area (Å²) in [4.78, 5) is 90.6. The third-order valence-electron chi connectivity index (χ3n) is 14.9. The summed E-state index contributed by atoms with van der Waals surface area (Å²) in [5, 5.41) is 58.3. The maximum atomic E-state index is 13.5. The molecule has 6 aliphatic heterocycles. The third kappa shape index (κ3) is 13.6. The van der Waals surface area contributed by atoms with E-state index in [1.54, 1.807) is 41.5 Å². The predicted molar refractivity (Wildman–Crippen MR) is 274 cm³/mol. The molecule has 27 nitrogen and oxygen atoms in total. The lowest BCUT2D eigenvalue weighted by Gasteiger charge is -2.29. The van der Waals surface area contributed by atoms with Gasteiger partial charge < -0.3 is 99.7 Å². The minimum atomic E-state index is -1.86. The van der Waals surface area contributed by atoms with Crippen LogP contribution in [0.2, 0.25) is 0 Å². The molecule has 1 aliphatic carbocycles. The van der Waals surface area contributed by atoms with Crippen LogP contribution in [-0.2, 0) is 76.1 Å². The quantitative estimate of drug-likeness (QED) is 0.0618. The lowest BCUT2D eigenvalue weighted by atomic mass is 9.98. The van der Waals surface area contributed by atoms with Crippen molar-refractivity contribution in [2.75, 3.05) is 26.2 Å². The van der Waals surface area contributed by atoms with Crippen LogP contribution in [0.25, 0.3) is 11.1 Å². The SMILES string of the molecule is CC1(C)O[C@H]2O[C@H]([C@H](O)C(=O)NCCCC(=O)O)[C@@H](NC(=O)CCCNC(=O)[C@@H](O)[C@H]3O[C@@H]4OC(C)(C)O[C@@H]4[C@@H]3NC(=O)CCCNC(=O)[C@@H](O)[C@H]3O[C@@H]4OC(C)(C)O[C@@H]4[C@@H]3NC(=O)OCC3c4ccccc4-c4ccccc43)[C@H]2O1. The van der Waals surface area contributed by atoms with Crippen molar-refractivity contribution in [2.45, 2.75) is 195 Å². The molecular formula is C54H72N6O21. The Morgan fingerprint density at radius 2 is 0.852 bits per heavy atom. The lowest BCUT2D eigenvalue weighted by molar-refractivity contribution is -0.217. The fourth-order valence-corrected chi connectivity index (χ4v) is 11.3. The largest absolute Gasteiger partial charge is 0.481 e. The number of benzene rings is 2. The molecule has 6 saturated heterocycles. The zero-order valence-corrected chi connectivity index (χ0v) is 45.7. The summed E-state index contributed by atoms with van der Waals surface area (Å²) >= 11 is 0. The summed E-state index contributed by atoms with van der Waals surface area (Å²) < 4.78 is 59.0. The van der Waals surface area contributed by atoms with E-state index in [1.807, 2.05) is 48.5 Å². The molecule has 10 N–H and O–H groups in total. The normalized spacial score (nSPS) is 30.8. The highest BCUT2D eigenvalue weighted by Crippen LogP contribution is 2.45. The first-order valence-corrected chi connectivity index (χ1v) is 27.2. The first-order chi connectivity index (χ1) is 38.4. The first kappa shape index (κ1) is 59.7. The summed E-state index contributed by atoms with van der Waals surface area (Å²) in [6, 6.07) is 12.5. The number of carbonyl (C=O) groups is 7. The number of carboxylic acid groups (broad SMARTS) is 1. The minimum Gasteiger partial charge on any atom is -0.481 e. The van der Waals surface area contributed by atoms with Crippen LogP contribution in [0.15, 0.2) is 48.5 Å². The van der Waals surface area contributed by atoms with Crippen LogP contribution < -0.4 is 31.9 Å². The Balaban J connectivity index is 0.729. The molecule has 0 aromatic heterocycles. The monoisotopic (exact) mass is 1140 g/mol. The maximum Gasteiger partial charge on any atom is 0.407 e. The second kappa shape index (κ2) is 24.5. The Morgan fingerprint density at radius 1 is 0.506 bits per heavy atom. The number of ether oxygens (including phenoxy) is 10. The Labute approximate surface area is 466 Å². The topological polar surface area (TPSA) is 365 Å². The molecular weight excluding hydrogens is 1070 g/mol. The van der Waals surface area contributed by atoms with Crippen molar-refractivity contribution in [2.24, 2.45) is 0 Å². The summed E-state index contributed by atoms with van der Waals surface area (Å²) in [5.41, 5.74) is 4.14. The van der Waals surface area contributed by atoms with Crippen LogP contribution >= 0.6 is 0 Å². The zero-order chi connectivity index (χ0) is 58.1. The molecule has 15 atom stereocenters.